The Bertz CT molecular complexity index is 284. The minimum Gasteiger partial charge on any atom is -0.205 e. The molecule has 0 spiro atoms. The third-order valence-electron chi connectivity index (χ3n) is 1.94. The molecule has 0 bridgehead atoms. The average molecular weight is 183 g/mol. The first-order valence-electron chi connectivity index (χ1n) is 4.21. The van der Waals surface area contributed by atoms with E-state index in [-0.39, 0.29) is 11.0 Å². The van der Waals surface area contributed by atoms with Crippen LogP contribution in [0, 0.1) is 6.07 Å². The van der Waals surface area contributed by atoms with E-state index in [1.165, 1.54) is 6.07 Å². The molecular weight excluding hydrogens is 170 g/mol. The van der Waals surface area contributed by atoms with Crippen molar-refractivity contribution in [3.05, 3.63) is 35.4 Å². The summed E-state index contributed by atoms with van der Waals surface area (Å²) < 4.78 is 25.1. The maximum absolute atomic E-state index is 12.5. The molecule has 1 radical (unpaired) electrons. The molecule has 13 heavy (non-hydrogen) atoms. The van der Waals surface area contributed by atoms with E-state index >= 15 is 0 Å². The lowest BCUT2D eigenvalue weighted by molar-refractivity contribution is 0.149. The zero-order valence-corrected chi connectivity index (χ0v) is 8.07. The van der Waals surface area contributed by atoms with Gasteiger partial charge in [-0.3, -0.25) is 0 Å². The fourth-order valence-corrected chi connectivity index (χ4v) is 1.31. The van der Waals surface area contributed by atoms with E-state index in [1.54, 1.807) is 12.1 Å². The molecule has 0 nitrogen and oxygen atoms in total. The summed E-state index contributed by atoms with van der Waals surface area (Å²) in [5, 5.41) is 0. The van der Waals surface area contributed by atoms with Crippen molar-refractivity contribution >= 4 is 0 Å². The lowest BCUT2D eigenvalue weighted by Crippen LogP contribution is -2.14. The first-order valence-corrected chi connectivity index (χ1v) is 4.21. The van der Waals surface area contributed by atoms with Crippen molar-refractivity contribution in [2.45, 2.75) is 32.6 Å². The summed E-state index contributed by atoms with van der Waals surface area (Å²) in [5.41, 5.74) is 0.553. The summed E-state index contributed by atoms with van der Waals surface area (Å²) in [6, 6.07) is 7.42. The first-order chi connectivity index (χ1) is 5.93. The summed E-state index contributed by atoms with van der Waals surface area (Å²) >= 11 is 0. The van der Waals surface area contributed by atoms with E-state index in [2.05, 4.69) is 6.07 Å². The van der Waals surface area contributed by atoms with E-state index < -0.39 is 6.43 Å². The molecule has 0 N–H and O–H groups in total. The second-order valence-electron chi connectivity index (χ2n) is 4.06. The van der Waals surface area contributed by atoms with Crippen LogP contribution in [0.2, 0.25) is 0 Å². The predicted octanol–water partition coefficient (Wildman–Crippen LogP) is 3.72. The lowest BCUT2D eigenvalue weighted by atomic mass is 9.84. The van der Waals surface area contributed by atoms with Gasteiger partial charge in [0.05, 0.1) is 0 Å². The zero-order chi connectivity index (χ0) is 10.1. The van der Waals surface area contributed by atoms with Gasteiger partial charge in [-0.15, -0.1) is 0 Å². The summed E-state index contributed by atoms with van der Waals surface area (Å²) in [6.07, 6.45) is -2.41. The Labute approximate surface area is 77.6 Å². The van der Waals surface area contributed by atoms with Gasteiger partial charge in [0.15, 0.2) is 0 Å². The van der Waals surface area contributed by atoms with E-state index in [0.717, 1.165) is 0 Å². The predicted molar refractivity (Wildman–Crippen MR) is 48.9 cm³/mol. The van der Waals surface area contributed by atoms with Gasteiger partial charge in [0.1, 0.15) is 0 Å². The Morgan fingerprint density at radius 2 is 1.92 bits per heavy atom. The van der Waals surface area contributed by atoms with Gasteiger partial charge in [-0.25, -0.2) is 8.78 Å². The summed E-state index contributed by atoms with van der Waals surface area (Å²) in [7, 11) is 0. The number of hydrogen-bond donors (Lipinski definition) is 0. The highest BCUT2D eigenvalue weighted by Crippen LogP contribution is 2.31. The van der Waals surface area contributed by atoms with Crippen LogP contribution in [0.4, 0.5) is 8.78 Å². The fraction of sp³-hybridized carbons (Fsp3) is 0.455. The molecule has 0 aliphatic rings. The van der Waals surface area contributed by atoms with Gasteiger partial charge in [-0.05, 0) is 23.1 Å². The first kappa shape index (κ1) is 10.2. The summed E-state index contributed by atoms with van der Waals surface area (Å²) in [5.74, 6) is 0. The molecule has 2 heteroatoms. The van der Waals surface area contributed by atoms with E-state index in [1.807, 2.05) is 20.8 Å². The zero-order valence-electron chi connectivity index (χ0n) is 8.07. The number of rotatable bonds is 1. The van der Waals surface area contributed by atoms with Crippen molar-refractivity contribution in [2.24, 2.45) is 0 Å². The maximum Gasteiger partial charge on any atom is 0.264 e. The number of hydrogen-bond acceptors (Lipinski definition) is 0. The molecule has 0 amide bonds. The molecule has 71 valence electrons. The summed E-state index contributed by atoms with van der Waals surface area (Å²) in [4.78, 5) is 0. The van der Waals surface area contributed by atoms with Crippen LogP contribution in [-0.4, -0.2) is 0 Å². The monoisotopic (exact) mass is 183 g/mol. The molecule has 0 unspecified atom stereocenters. The van der Waals surface area contributed by atoms with E-state index in [9.17, 15) is 8.78 Å². The van der Waals surface area contributed by atoms with Gasteiger partial charge in [-0.2, -0.15) is 0 Å². The molecule has 1 aromatic carbocycles. The SMILES string of the molecule is CC(C)(C)c1cc[c]cc1C(F)F. The Morgan fingerprint density at radius 1 is 1.31 bits per heavy atom. The normalized spacial score (nSPS) is 12.2. The van der Waals surface area contributed by atoms with Crippen LogP contribution in [0.5, 0.6) is 0 Å². The van der Waals surface area contributed by atoms with Crippen molar-refractivity contribution in [1.29, 1.82) is 0 Å². The van der Waals surface area contributed by atoms with Crippen molar-refractivity contribution in [3.63, 3.8) is 0 Å². The third-order valence-corrected chi connectivity index (χ3v) is 1.94. The lowest BCUT2D eigenvalue weighted by Gasteiger charge is -2.22. The number of halogens is 2. The topological polar surface area (TPSA) is 0 Å². The van der Waals surface area contributed by atoms with Crippen molar-refractivity contribution in [2.75, 3.05) is 0 Å². The van der Waals surface area contributed by atoms with Gasteiger partial charge in [-0.1, -0.05) is 32.9 Å². The van der Waals surface area contributed by atoms with Crippen LogP contribution in [0.3, 0.4) is 0 Å². The molecule has 0 heterocycles. The molecule has 0 saturated carbocycles. The van der Waals surface area contributed by atoms with Gasteiger partial charge in [0, 0.05) is 5.56 Å². The van der Waals surface area contributed by atoms with Crippen LogP contribution < -0.4 is 0 Å². The molecule has 0 aromatic heterocycles. The maximum atomic E-state index is 12.5. The minimum atomic E-state index is -2.41. The van der Waals surface area contributed by atoms with Crippen molar-refractivity contribution < 1.29 is 8.78 Å². The molecule has 0 fully saturated rings. The Morgan fingerprint density at radius 3 is 2.31 bits per heavy atom. The molecule has 0 aliphatic heterocycles. The highest BCUT2D eigenvalue weighted by Gasteiger charge is 2.21. The molecular formula is C11H13F2. The second-order valence-corrected chi connectivity index (χ2v) is 4.06. The summed E-state index contributed by atoms with van der Waals surface area (Å²) in [6.45, 7) is 5.77. The van der Waals surface area contributed by atoms with Crippen LogP contribution in [0.25, 0.3) is 0 Å². The minimum absolute atomic E-state index is 0.0926. The standard InChI is InChI=1S/C11H13F2/c1-11(2,3)9-7-5-4-6-8(9)10(12)13/h5-7,10H,1-3H3. The van der Waals surface area contributed by atoms with Gasteiger partial charge >= 0.3 is 0 Å². The number of alkyl halides is 2. The third kappa shape index (κ3) is 2.27. The van der Waals surface area contributed by atoms with Crippen LogP contribution in [0.1, 0.15) is 38.3 Å². The van der Waals surface area contributed by atoms with Crippen molar-refractivity contribution in [3.8, 4) is 0 Å². The van der Waals surface area contributed by atoms with Gasteiger partial charge < -0.3 is 0 Å². The van der Waals surface area contributed by atoms with Gasteiger partial charge in [0.25, 0.3) is 6.43 Å². The molecule has 0 saturated heterocycles. The largest absolute Gasteiger partial charge is 0.264 e. The Hall–Kier alpha value is -0.920. The fourth-order valence-electron chi connectivity index (χ4n) is 1.31. The van der Waals surface area contributed by atoms with E-state index in [0.29, 0.717) is 5.56 Å². The molecule has 1 aromatic rings. The Balaban J connectivity index is 3.20. The van der Waals surface area contributed by atoms with Gasteiger partial charge in [0.2, 0.25) is 0 Å². The van der Waals surface area contributed by atoms with Crippen LogP contribution in [0.15, 0.2) is 18.2 Å². The number of benzene rings is 1. The van der Waals surface area contributed by atoms with E-state index in [4.69, 9.17) is 0 Å². The molecule has 0 aliphatic carbocycles. The van der Waals surface area contributed by atoms with Crippen LogP contribution in [-0.2, 0) is 5.41 Å². The van der Waals surface area contributed by atoms with Crippen molar-refractivity contribution in [1.82, 2.24) is 0 Å². The smallest absolute Gasteiger partial charge is 0.205 e. The second kappa shape index (κ2) is 3.44. The molecule has 0 atom stereocenters. The highest BCUT2D eigenvalue weighted by atomic mass is 19.3. The molecule has 1 rings (SSSR count). The quantitative estimate of drug-likeness (QED) is 0.622. The average Bonchev–Trinajstić information content (AvgIpc) is 2.03. The highest BCUT2D eigenvalue weighted by molar-refractivity contribution is 5.32. The Kier molecular flexibility index (Phi) is 2.69. The van der Waals surface area contributed by atoms with Crippen LogP contribution >= 0.6 is 0 Å².